The summed E-state index contributed by atoms with van der Waals surface area (Å²) in [6.07, 6.45) is 4.65. The van der Waals surface area contributed by atoms with Crippen molar-refractivity contribution in [3.05, 3.63) is 40.4 Å². The molecule has 1 saturated heterocycles. The van der Waals surface area contributed by atoms with E-state index in [0.29, 0.717) is 6.54 Å². The Balaban J connectivity index is 2.01. The van der Waals surface area contributed by atoms with Crippen molar-refractivity contribution in [2.24, 2.45) is 0 Å². The first-order valence-electron chi connectivity index (χ1n) is 6.06. The average molecular weight is 310 g/mol. The third kappa shape index (κ3) is 3.43. The van der Waals surface area contributed by atoms with Crippen LogP contribution in [0.4, 0.5) is 0 Å². The van der Waals surface area contributed by atoms with Crippen LogP contribution in [0.5, 0.6) is 0 Å². The summed E-state index contributed by atoms with van der Waals surface area (Å²) in [4.78, 5) is 13.6. The van der Waals surface area contributed by atoms with E-state index in [1.165, 1.54) is 0 Å². The largest absolute Gasteiger partial charge is 0.391 e. The zero-order valence-corrected chi connectivity index (χ0v) is 11.6. The maximum atomic E-state index is 11.9. The van der Waals surface area contributed by atoms with E-state index in [-0.39, 0.29) is 12.0 Å². The maximum Gasteiger partial charge on any atom is 0.246 e. The van der Waals surface area contributed by atoms with E-state index in [4.69, 9.17) is 0 Å². The number of aliphatic hydroxyl groups excluding tert-OH is 1. The number of amides is 1. The molecule has 4 heteroatoms. The molecule has 0 aliphatic carbocycles. The summed E-state index contributed by atoms with van der Waals surface area (Å²) in [5, 5.41) is 9.53. The number of aliphatic hydroxyl groups is 1. The number of piperidine rings is 1. The third-order valence-electron chi connectivity index (χ3n) is 3.02. The molecule has 1 amide bonds. The second-order valence-corrected chi connectivity index (χ2v) is 5.29. The minimum absolute atomic E-state index is 0.0375. The van der Waals surface area contributed by atoms with Gasteiger partial charge in [-0.1, -0.05) is 34.1 Å². The van der Waals surface area contributed by atoms with Gasteiger partial charge in [-0.05, 0) is 30.5 Å². The van der Waals surface area contributed by atoms with Crippen LogP contribution in [0.2, 0.25) is 0 Å². The van der Waals surface area contributed by atoms with Gasteiger partial charge in [-0.3, -0.25) is 4.79 Å². The zero-order chi connectivity index (χ0) is 13.0. The first-order valence-corrected chi connectivity index (χ1v) is 6.85. The molecule has 1 aliphatic rings. The molecule has 1 fully saturated rings. The lowest BCUT2D eigenvalue weighted by atomic mass is 10.1. The Labute approximate surface area is 115 Å². The van der Waals surface area contributed by atoms with Crippen molar-refractivity contribution in [2.45, 2.75) is 18.9 Å². The number of carbonyl (C=O) groups is 1. The van der Waals surface area contributed by atoms with Gasteiger partial charge in [0.15, 0.2) is 0 Å². The molecule has 0 radical (unpaired) electrons. The van der Waals surface area contributed by atoms with Crippen molar-refractivity contribution in [3.63, 3.8) is 0 Å². The lowest BCUT2D eigenvalue weighted by molar-refractivity contribution is -0.128. The molecule has 0 bridgehead atoms. The molecule has 3 nitrogen and oxygen atoms in total. The van der Waals surface area contributed by atoms with Crippen LogP contribution in [0.25, 0.3) is 6.08 Å². The van der Waals surface area contributed by atoms with Gasteiger partial charge in [0.1, 0.15) is 0 Å². The molecule has 1 aromatic carbocycles. The summed E-state index contributed by atoms with van der Waals surface area (Å²) in [5.41, 5.74) is 0.975. The SMILES string of the molecule is O=C(C=Cc1ccccc1Br)N1CCCC(O)C1. The topological polar surface area (TPSA) is 40.5 Å². The van der Waals surface area contributed by atoms with Crippen molar-refractivity contribution < 1.29 is 9.90 Å². The lowest BCUT2D eigenvalue weighted by Gasteiger charge is -2.29. The summed E-state index contributed by atoms with van der Waals surface area (Å²) < 4.78 is 0.965. The molecule has 1 N–H and O–H groups in total. The highest BCUT2D eigenvalue weighted by Gasteiger charge is 2.20. The van der Waals surface area contributed by atoms with Gasteiger partial charge >= 0.3 is 0 Å². The molecule has 0 saturated carbocycles. The molecule has 0 aromatic heterocycles. The second kappa shape index (κ2) is 6.16. The van der Waals surface area contributed by atoms with E-state index in [1.807, 2.05) is 24.3 Å². The quantitative estimate of drug-likeness (QED) is 0.853. The summed E-state index contributed by atoms with van der Waals surface area (Å²) in [5.74, 6) is -0.0375. The Morgan fingerprint density at radius 2 is 2.22 bits per heavy atom. The van der Waals surface area contributed by atoms with Gasteiger partial charge in [-0.2, -0.15) is 0 Å². The summed E-state index contributed by atoms with van der Waals surface area (Å²) in [7, 11) is 0. The second-order valence-electron chi connectivity index (χ2n) is 4.44. The highest BCUT2D eigenvalue weighted by molar-refractivity contribution is 9.10. The van der Waals surface area contributed by atoms with Crippen LogP contribution in [0.1, 0.15) is 18.4 Å². The van der Waals surface area contributed by atoms with Gasteiger partial charge in [-0.15, -0.1) is 0 Å². The number of halogens is 1. The summed E-state index contributed by atoms with van der Waals surface area (Å²) in [6.45, 7) is 1.18. The molecule has 1 heterocycles. The molecule has 1 aliphatic heterocycles. The Morgan fingerprint density at radius 1 is 1.44 bits per heavy atom. The third-order valence-corrected chi connectivity index (χ3v) is 3.74. The summed E-state index contributed by atoms with van der Waals surface area (Å²) >= 11 is 3.44. The number of benzene rings is 1. The minimum Gasteiger partial charge on any atom is -0.391 e. The molecule has 18 heavy (non-hydrogen) atoms. The molecular weight excluding hydrogens is 294 g/mol. The van der Waals surface area contributed by atoms with Gasteiger partial charge in [0, 0.05) is 23.6 Å². The standard InChI is InChI=1S/C14H16BrNO2/c15-13-6-2-1-4-11(13)7-8-14(18)16-9-3-5-12(17)10-16/h1-2,4,6-8,12,17H,3,5,9-10H2. The van der Waals surface area contributed by atoms with E-state index in [9.17, 15) is 9.90 Å². The molecule has 1 unspecified atom stereocenters. The number of nitrogens with zero attached hydrogens (tertiary/aromatic N) is 1. The number of likely N-dealkylation sites (tertiary alicyclic amines) is 1. The first-order chi connectivity index (χ1) is 8.66. The Bertz CT molecular complexity index is 459. The highest BCUT2D eigenvalue weighted by Crippen LogP contribution is 2.17. The smallest absolute Gasteiger partial charge is 0.246 e. The maximum absolute atomic E-state index is 11.9. The van der Waals surface area contributed by atoms with Gasteiger partial charge in [0.25, 0.3) is 0 Å². The number of rotatable bonds is 2. The molecule has 0 spiro atoms. The fourth-order valence-corrected chi connectivity index (χ4v) is 2.45. The highest BCUT2D eigenvalue weighted by atomic mass is 79.9. The van der Waals surface area contributed by atoms with Crippen LogP contribution in [0, 0.1) is 0 Å². The van der Waals surface area contributed by atoms with E-state index < -0.39 is 0 Å². The number of carbonyl (C=O) groups excluding carboxylic acids is 1. The van der Waals surface area contributed by atoms with Crippen molar-refractivity contribution in [3.8, 4) is 0 Å². The van der Waals surface area contributed by atoms with Gasteiger partial charge < -0.3 is 10.0 Å². The Kier molecular flexibility index (Phi) is 4.55. The van der Waals surface area contributed by atoms with Crippen molar-refractivity contribution in [1.82, 2.24) is 4.90 Å². The first kappa shape index (κ1) is 13.3. The van der Waals surface area contributed by atoms with Crippen molar-refractivity contribution in [2.75, 3.05) is 13.1 Å². The Morgan fingerprint density at radius 3 is 2.94 bits per heavy atom. The average Bonchev–Trinajstić information content (AvgIpc) is 2.37. The number of β-amino-alcohol motifs (C(OH)–C–C–N with tert-alkyl or cyclic N) is 1. The monoisotopic (exact) mass is 309 g/mol. The van der Waals surface area contributed by atoms with Crippen LogP contribution in [-0.2, 0) is 4.79 Å². The van der Waals surface area contributed by atoms with Crippen LogP contribution in [0.3, 0.4) is 0 Å². The van der Waals surface area contributed by atoms with Gasteiger partial charge in [-0.25, -0.2) is 0 Å². The van der Waals surface area contributed by atoms with Crippen molar-refractivity contribution >= 4 is 27.9 Å². The molecule has 2 rings (SSSR count). The van der Waals surface area contributed by atoms with Gasteiger partial charge in [0.05, 0.1) is 6.10 Å². The number of hydrogen-bond donors (Lipinski definition) is 1. The van der Waals surface area contributed by atoms with Crippen LogP contribution in [0.15, 0.2) is 34.8 Å². The molecule has 96 valence electrons. The Hall–Kier alpha value is -1.13. The van der Waals surface area contributed by atoms with E-state index in [2.05, 4.69) is 15.9 Å². The molecule has 1 aromatic rings. The minimum atomic E-state index is -0.375. The molecule has 1 atom stereocenters. The van der Waals surface area contributed by atoms with E-state index >= 15 is 0 Å². The van der Waals surface area contributed by atoms with Crippen molar-refractivity contribution in [1.29, 1.82) is 0 Å². The predicted octanol–water partition coefficient (Wildman–Crippen LogP) is 2.45. The number of hydrogen-bond acceptors (Lipinski definition) is 2. The van der Waals surface area contributed by atoms with E-state index in [0.717, 1.165) is 29.4 Å². The van der Waals surface area contributed by atoms with Gasteiger partial charge in [0.2, 0.25) is 5.91 Å². The predicted molar refractivity (Wildman–Crippen MR) is 75.0 cm³/mol. The fourth-order valence-electron chi connectivity index (χ4n) is 2.03. The lowest BCUT2D eigenvalue weighted by Crippen LogP contribution is -2.41. The van der Waals surface area contributed by atoms with Crippen LogP contribution >= 0.6 is 15.9 Å². The normalized spacial score (nSPS) is 20.3. The fraction of sp³-hybridized carbons (Fsp3) is 0.357. The summed E-state index contributed by atoms with van der Waals surface area (Å²) in [6, 6.07) is 7.75. The zero-order valence-electron chi connectivity index (χ0n) is 10.1. The molecular formula is C14H16BrNO2. The van der Waals surface area contributed by atoms with Crippen LogP contribution in [-0.4, -0.2) is 35.1 Å². The van der Waals surface area contributed by atoms with E-state index in [1.54, 1.807) is 17.1 Å². The van der Waals surface area contributed by atoms with Crippen LogP contribution < -0.4 is 0 Å².